The molecule has 1 heterocycles. The fourth-order valence-electron chi connectivity index (χ4n) is 2.37. The van der Waals surface area contributed by atoms with Crippen LogP contribution >= 0.6 is 0 Å². The molecule has 1 aromatic heterocycles. The first-order valence-electron chi connectivity index (χ1n) is 7.27. The van der Waals surface area contributed by atoms with Gasteiger partial charge in [-0.2, -0.15) is 0 Å². The zero-order valence-electron chi connectivity index (χ0n) is 12.8. The molecular formula is C19H17N3O. The van der Waals surface area contributed by atoms with E-state index in [4.69, 9.17) is 10.5 Å². The molecule has 0 atom stereocenters. The first-order chi connectivity index (χ1) is 11.3. The Morgan fingerprint density at radius 1 is 1.13 bits per heavy atom. The van der Waals surface area contributed by atoms with Crippen LogP contribution in [0.1, 0.15) is 5.56 Å². The van der Waals surface area contributed by atoms with Crippen LogP contribution in [-0.2, 0) is 0 Å². The van der Waals surface area contributed by atoms with Gasteiger partial charge in [0.25, 0.3) is 0 Å². The summed E-state index contributed by atoms with van der Waals surface area (Å²) < 4.78 is 5.97. The molecule has 0 unspecified atom stereocenters. The molecule has 0 aliphatic heterocycles. The number of para-hydroxylation sites is 1. The summed E-state index contributed by atoms with van der Waals surface area (Å²) in [7, 11) is 1.72. The van der Waals surface area contributed by atoms with Gasteiger partial charge in [-0.1, -0.05) is 30.3 Å². The largest absolute Gasteiger partial charge is 0.455 e. The van der Waals surface area contributed by atoms with Crippen molar-refractivity contribution in [1.82, 2.24) is 4.98 Å². The predicted molar refractivity (Wildman–Crippen MR) is 94.8 cm³/mol. The number of hydrogen-bond acceptors (Lipinski definition) is 4. The molecule has 0 saturated carbocycles. The Labute approximate surface area is 135 Å². The van der Waals surface area contributed by atoms with E-state index in [1.165, 1.54) is 0 Å². The van der Waals surface area contributed by atoms with Crippen LogP contribution in [0.3, 0.4) is 0 Å². The molecule has 4 heteroatoms. The summed E-state index contributed by atoms with van der Waals surface area (Å²) in [4.78, 5) is 8.29. The van der Waals surface area contributed by atoms with Gasteiger partial charge in [0, 0.05) is 42.0 Å². The summed E-state index contributed by atoms with van der Waals surface area (Å²) in [6.45, 7) is 0. The summed E-state index contributed by atoms with van der Waals surface area (Å²) in [5.74, 6) is 1.48. The summed E-state index contributed by atoms with van der Waals surface area (Å²) in [6.07, 6.45) is 6.82. The molecule has 0 saturated heterocycles. The van der Waals surface area contributed by atoms with Crippen molar-refractivity contribution in [3.63, 3.8) is 0 Å². The minimum absolute atomic E-state index is 0.709. The number of ether oxygens (including phenoxy) is 1. The second-order valence-corrected chi connectivity index (χ2v) is 5.00. The lowest BCUT2D eigenvalue weighted by Crippen LogP contribution is -1.93. The van der Waals surface area contributed by atoms with Crippen molar-refractivity contribution in [1.29, 1.82) is 0 Å². The van der Waals surface area contributed by atoms with Gasteiger partial charge in [0.15, 0.2) is 5.75 Å². The fraction of sp³-hybridized carbons (Fsp3) is 0.0526. The van der Waals surface area contributed by atoms with Crippen molar-refractivity contribution in [3.05, 3.63) is 72.7 Å². The fourth-order valence-corrected chi connectivity index (χ4v) is 2.37. The lowest BCUT2D eigenvalue weighted by molar-refractivity contribution is 0.486. The summed E-state index contributed by atoms with van der Waals surface area (Å²) in [5.41, 5.74) is 7.54. The number of allylic oxidation sites excluding steroid dienone is 1. The highest BCUT2D eigenvalue weighted by molar-refractivity contribution is 6.10. The molecule has 0 aliphatic carbocycles. The smallest absolute Gasteiger partial charge is 0.153 e. The van der Waals surface area contributed by atoms with E-state index < -0.39 is 0 Å². The summed E-state index contributed by atoms with van der Waals surface area (Å²) in [5, 5.41) is 1.98. The minimum Gasteiger partial charge on any atom is -0.455 e. The highest BCUT2D eigenvalue weighted by Gasteiger charge is 2.07. The van der Waals surface area contributed by atoms with Crippen LogP contribution in [0.2, 0.25) is 0 Å². The number of fused-ring (bicyclic) bond motifs is 1. The van der Waals surface area contributed by atoms with Crippen LogP contribution in [0.4, 0.5) is 0 Å². The Bertz CT molecular complexity index is 870. The minimum atomic E-state index is 0.709. The molecule has 2 N–H and O–H groups in total. The molecular weight excluding hydrogens is 286 g/mol. The number of benzene rings is 2. The number of aliphatic imine (C=N–C) groups is 1. The number of rotatable bonds is 4. The summed E-state index contributed by atoms with van der Waals surface area (Å²) >= 11 is 0. The van der Waals surface area contributed by atoms with Crippen molar-refractivity contribution in [3.8, 4) is 11.5 Å². The van der Waals surface area contributed by atoms with Gasteiger partial charge in [-0.3, -0.25) is 9.98 Å². The zero-order chi connectivity index (χ0) is 16.1. The molecule has 0 fully saturated rings. The molecule has 0 bridgehead atoms. The molecule has 114 valence electrons. The number of pyridine rings is 1. The Morgan fingerprint density at radius 2 is 1.96 bits per heavy atom. The Balaban J connectivity index is 2.08. The van der Waals surface area contributed by atoms with Gasteiger partial charge in [0.1, 0.15) is 5.75 Å². The van der Waals surface area contributed by atoms with Crippen molar-refractivity contribution in [2.45, 2.75) is 0 Å². The lowest BCUT2D eigenvalue weighted by atomic mass is 10.0. The van der Waals surface area contributed by atoms with E-state index in [1.807, 2.05) is 54.7 Å². The van der Waals surface area contributed by atoms with Crippen LogP contribution in [0.5, 0.6) is 11.5 Å². The highest BCUT2D eigenvalue weighted by Crippen LogP contribution is 2.30. The van der Waals surface area contributed by atoms with Crippen molar-refractivity contribution < 1.29 is 4.74 Å². The number of nitrogens with zero attached hydrogens (tertiary/aromatic N) is 2. The van der Waals surface area contributed by atoms with E-state index >= 15 is 0 Å². The van der Waals surface area contributed by atoms with Gasteiger partial charge in [-0.25, -0.2) is 0 Å². The Kier molecular flexibility index (Phi) is 4.34. The topological polar surface area (TPSA) is 60.5 Å². The average molecular weight is 303 g/mol. The van der Waals surface area contributed by atoms with Crippen LogP contribution in [-0.4, -0.2) is 18.2 Å². The van der Waals surface area contributed by atoms with Crippen LogP contribution < -0.4 is 10.5 Å². The van der Waals surface area contributed by atoms with E-state index in [0.29, 0.717) is 5.75 Å². The van der Waals surface area contributed by atoms with Gasteiger partial charge >= 0.3 is 0 Å². The van der Waals surface area contributed by atoms with E-state index in [0.717, 1.165) is 27.7 Å². The highest BCUT2D eigenvalue weighted by atomic mass is 16.5. The Hall–Kier alpha value is -3.14. The molecule has 4 nitrogen and oxygen atoms in total. The second-order valence-electron chi connectivity index (χ2n) is 5.00. The van der Waals surface area contributed by atoms with Crippen LogP contribution in [0.15, 0.2) is 72.1 Å². The van der Waals surface area contributed by atoms with E-state index in [-0.39, 0.29) is 0 Å². The zero-order valence-corrected chi connectivity index (χ0v) is 12.8. The molecule has 2 aromatic carbocycles. The first-order valence-corrected chi connectivity index (χ1v) is 7.27. The average Bonchev–Trinajstić information content (AvgIpc) is 2.60. The summed E-state index contributed by atoms with van der Waals surface area (Å²) in [6, 6.07) is 15.7. The molecule has 3 aromatic rings. The predicted octanol–water partition coefficient (Wildman–Crippen LogP) is 4.03. The first kappa shape index (κ1) is 14.8. The maximum absolute atomic E-state index is 5.97. The van der Waals surface area contributed by atoms with E-state index in [1.54, 1.807) is 25.7 Å². The maximum Gasteiger partial charge on any atom is 0.153 e. The molecule has 0 radical (unpaired) electrons. The standard InChI is InChI=1S/C19H17N3O/c1-21-11-16(10-20)14-7-8-15-12-22-13-19(18(15)9-14)23-17-5-3-2-4-6-17/h2-13H,20H2,1H3. The number of nitrogens with two attached hydrogens (primary N) is 1. The molecule has 23 heavy (non-hydrogen) atoms. The SMILES string of the molecule is CN=CC(=CN)c1ccc2cncc(Oc3ccccc3)c2c1. The van der Waals surface area contributed by atoms with Gasteiger partial charge in [0.05, 0.1) is 6.20 Å². The third-order valence-electron chi connectivity index (χ3n) is 3.48. The van der Waals surface area contributed by atoms with Gasteiger partial charge in [-0.15, -0.1) is 0 Å². The molecule has 0 amide bonds. The molecule has 3 rings (SSSR count). The van der Waals surface area contributed by atoms with Crippen molar-refractivity contribution in [2.75, 3.05) is 7.05 Å². The monoisotopic (exact) mass is 303 g/mol. The van der Waals surface area contributed by atoms with Crippen molar-refractivity contribution >= 4 is 22.6 Å². The number of aromatic nitrogens is 1. The van der Waals surface area contributed by atoms with Gasteiger partial charge in [0.2, 0.25) is 0 Å². The Morgan fingerprint density at radius 3 is 2.70 bits per heavy atom. The van der Waals surface area contributed by atoms with E-state index in [9.17, 15) is 0 Å². The quantitative estimate of drug-likeness (QED) is 0.740. The van der Waals surface area contributed by atoms with Gasteiger partial charge in [-0.05, 0) is 23.8 Å². The third kappa shape index (κ3) is 3.21. The third-order valence-corrected chi connectivity index (χ3v) is 3.48. The van der Waals surface area contributed by atoms with Crippen LogP contribution in [0, 0.1) is 0 Å². The molecule has 0 aliphatic rings. The second kappa shape index (κ2) is 6.75. The number of hydrogen-bond donors (Lipinski definition) is 1. The van der Waals surface area contributed by atoms with Crippen molar-refractivity contribution in [2.24, 2.45) is 10.7 Å². The van der Waals surface area contributed by atoms with Crippen LogP contribution in [0.25, 0.3) is 16.3 Å². The maximum atomic E-state index is 5.97. The van der Waals surface area contributed by atoms with Gasteiger partial charge < -0.3 is 10.5 Å². The molecule has 0 spiro atoms. The lowest BCUT2D eigenvalue weighted by Gasteiger charge is -2.10. The van der Waals surface area contributed by atoms with E-state index in [2.05, 4.69) is 9.98 Å². The normalized spacial score (nSPS) is 12.0.